The van der Waals surface area contributed by atoms with Gasteiger partial charge in [0.05, 0.1) is 5.39 Å². The number of aromatic carboxylic acids is 1. The van der Waals surface area contributed by atoms with Gasteiger partial charge in [0.2, 0.25) is 5.91 Å². The molecule has 1 amide bonds. The zero-order valence-electron chi connectivity index (χ0n) is 14.8. The zero-order chi connectivity index (χ0) is 19.4. The van der Waals surface area contributed by atoms with Crippen LogP contribution in [0.2, 0.25) is 0 Å². The predicted octanol–water partition coefficient (Wildman–Crippen LogP) is 2.01. The molecule has 7 nitrogen and oxygen atoms in total. The average Bonchev–Trinajstić information content (AvgIpc) is 2.68. The second-order valence-electron chi connectivity index (χ2n) is 6.15. The van der Waals surface area contributed by atoms with Crippen molar-refractivity contribution in [3.8, 4) is 0 Å². The molecule has 0 bridgehead atoms. The van der Waals surface area contributed by atoms with Crippen LogP contribution in [0.1, 0.15) is 29.0 Å². The summed E-state index contributed by atoms with van der Waals surface area (Å²) in [6, 6.07) is 15.1. The molecule has 27 heavy (non-hydrogen) atoms. The van der Waals surface area contributed by atoms with Crippen molar-refractivity contribution in [3.63, 3.8) is 0 Å². The molecule has 0 radical (unpaired) electrons. The van der Waals surface area contributed by atoms with Crippen LogP contribution in [-0.2, 0) is 11.2 Å². The van der Waals surface area contributed by atoms with E-state index in [1.54, 1.807) is 12.1 Å². The predicted molar refractivity (Wildman–Crippen MR) is 101 cm³/mol. The van der Waals surface area contributed by atoms with Crippen LogP contribution < -0.4 is 10.9 Å². The first kappa shape index (κ1) is 18.3. The number of carboxylic acid groups (broad SMARTS) is 1. The molecule has 2 aromatic carbocycles. The van der Waals surface area contributed by atoms with Gasteiger partial charge in [-0.2, -0.15) is 5.10 Å². The minimum absolute atomic E-state index is 0.217. The van der Waals surface area contributed by atoms with Crippen molar-refractivity contribution in [2.24, 2.45) is 0 Å². The van der Waals surface area contributed by atoms with Gasteiger partial charge < -0.3 is 10.4 Å². The van der Waals surface area contributed by atoms with Crippen LogP contribution in [0.4, 0.5) is 0 Å². The Morgan fingerprint density at radius 1 is 1.07 bits per heavy atom. The van der Waals surface area contributed by atoms with E-state index in [1.807, 2.05) is 30.3 Å². The summed E-state index contributed by atoms with van der Waals surface area (Å²) in [6.45, 7) is 1.92. The van der Waals surface area contributed by atoms with E-state index in [2.05, 4.69) is 10.4 Å². The number of rotatable bonds is 6. The van der Waals surface area contributed by atoms with Gasteiger partial charge in [-0.05, 0) is 25.0 Å². The van der Waals surface area contributed by atoms with Gasteiger partial charge in [0.25, 0.3) is 5.56 Å². The normalized spacial score (nSPS) is 11.9. The maximum Gasteiger partial charge on any atom is 0.357 e. The Kier molecular flexibility index (Phi) is 5.30. The highest BCUT2D eigenvalue weighted by molar-refractivity contribution is 6.01. The lowest BCUT2D eigenvalue weighted by Crippen LogP contribution is -2.38. The lowest BCUT2D eigenvalue weighted by molar-refractivity contribution is -0.124. The molecule has 7 heteroatoms. The molecule has 1 aromatic heterocycles. The summed E-state index contributed by atoms with van der Waals surface area (Å²) < 4.78 is 0.934. The standard InChI is InChI=1S/C20H19N3O4/c1-13(18(24)21-12-11-14-7-3-2-4-8-14)23-19(25)16-10-6-5-9-15(16)17(22-23)20(26)27/h2-10,13H,11-12H2,1H3,(H,21,24)(H,26,27). The molecule has 0 aliphatic heterocycles. The van der Waals surface area contributed by atoms with Crippen LogP contribution in [0.5, 0.6) is 0 Å². The summed E-state index contributed by atoms with van der Waals surface area (Å²) in [4.78, 5) is 36.6. The highest BCUT2D eigenvalue weighted by Gasteiger charge is 2.22. The number of carbonyl (C=O) groups is 2. The molecule has 0 aliphatic rings. The average molecular weight is 365 g/mol. The van der Waals surface area contributed by atoms with Crippen LogP contribution in [0.3, 0.4) is 0 Å². The first-order valence-electron chi connectivity index (χ1n) is 8.55. The van der Waals surface area contributed by atoms with Crippen LogP contribution in [-0.4, -0.2) is 33.3 Å². The van der Waals surface area contributed by atoms with E-state index in [0.717, 1.165) is 10.2 Å². The lowest BCUT2D eigenvalue weighted by Gasteiger charge is -2.15. The Morgan fingerprint density at radius 2 is 1.70 bits per heavy atom. The van der Waals surface area contributed by atoms with Gasteiger partial charge in [0.1, 0.15) is 6.04 Å². The molecule has 0 saturated carbocycles. The molecule has 138 valence electrons. The Labute approximate surface area is 155 Å². The number of fused-ring (bicyclic) bond motifs is 1. The highest BCUT2D eigenvalue weighted by atomic mass is 16.4. The van der Waals surface area contributed by atoms with Gasteiger partial charge in [-0.1, -0.05) is 48.5 Å². The molecule has 1 heterocycles. The molecule has 0 aliphatic carbocycles. The molecule has 0 saturated heterocycles. The summed E-state index contributed by atoms with van der Waals surface area (Å²) in [6.07, 6.45) is 0.653. The number of aromatic nitrogens is 2. The summed E-state index contributed by atoms with van der Waals surface area (Å²) in [5.74, 6) is -1.65. The van der Waals surface area contributed by atoms with Gasteiger partial charge in [0.15, 0.2) is 5.69 Å². The fraction of sp³-hybridized carbons (Fsp3) is 0.200. The largest absolute Gasteiger partial charge is 0.476 e. The van der Waals surface area contributed by atoms with Crippen molar-refractivity contribution in [2.75, 3.05) is 6.54 Å². The maximum absolute atomic E-state index is 12.7. The Morgan fingerprint density at radius 3 is 2.37 bits per heavy atom. The smallest absolute Gasteiger partial charge is 0.357 e. The van der Waals surface area contributed by atoms with E-state index in [9.17, 15) is 19.5 Å². The van der Waals surface area contributed by atoms with Crippen molar-refractivity contribution in [1.29, 1.82) is 0 Å². The van der Waals surface area contributed by atoms with Crippen molar-refractivity contribution in [2.45, 2.75) is 19.4 Å². The second kappa shape index (κ2) is 7.82. The number of amides is 1. The first-order chi connectivity index (χ1) is 13.0. The Bertz CT molecular complexity index is 1040. The minimum Gasteiger partial charge on any atom is -0.476 e. The van der Waals surface area contributed by atoms with E-state index >= 15 is 0 Å². The third-order valence-corrected chi connectivity index (χ3v) is 4.33. The quantitative estimate of drug-likeness (QED) is 0.696. The van der Waals surface area contributed by atoms with E-state index in [0.29, 0.717) is 13.0 Å². The zero-order valence-corrected chi connectivity index (χ0v) is 14.8. The number of benzene rings is 2. The molecule has 3 aromatic rings. The molecule has 3 rings (SSSR count). The summed E-state index contributed by atoms with van der Waals surface area (Å²) in [5, 5.41) is 16.6. The van der Waals surface area contributed by atoms with Crippen molar-refractivity contribution in [1.82, 2.24) is 15.1 Å². The fourth-order valence-electron chi connectivity index (χ4n) is 2.86. The van der Waals surface area contributed by atoms with Crippen LogP contribution >= 0.6 is 0 Å². The Hall–Kier alpha value is -3.48. The van der Waals surface area contributed by atoms with Crippen molar-refractivity contribution in [3.05, 3.63) is 76.2 Å². The highest BCUT2D eigenvalue weighted by Crippen LogP contribution is 2.15. The minimum atomic E-state index is -1.25. The van der Waals surface area contributed by atoms with Crippen LogP contribution in [0.25, 0.3) is 10.8 Å². The van der Waals surface area contributed by atoms with Gasteiger partial charge in [-0.25, -0.2) is 9.48 Å². The molecule has 2 N–H and O–H groups in total. The molecular weight excluding hydrogens is 346 g/mol. The molecule has 1 unspecified atom stereocenters. The van der Waals surface area contributed by atoms with Crippen LogP contribution in [0.15, 0.2) is 59.4 Å². The number of carboxylic acids is 1. The molecule has 1 atom stereocenters. The Balaban J connectivity index is 1.83. The summed E-state index contributed by atoms with van der Waals surface area (Å²) in [5.41, 5.74) is 0.329. The number of hydrogen-bond donors (Lipinski definition) is 2. The summed E-state index contributed by atoms with van der Waals surface area (Å²) in [7, 11) is 0. The van der Waals surface area contributed by atoms with E-state index in [4.69, 9.17) is 0 Å². The fourth-order valence-corrected chi connectivity index (χ4v) is 2.86. The van der Waals surface area contributed by atoms with E-state index < -0.39 is 23.5 Å². The van der Waals surface area contributed by atoms with Gasteiger partial charge in [-0.15, -0.1) is 0 Å². The number of nitrogens with zero attached hydrogens (tertiary/aromatic N) is 2. The van der Waals surface area contributed by atoms with E-state index in [-0.39, 0.29) is 16.5 Å². The maximum atomic E-state index is 12.7. The first-order valence-corrected chi connectivity index (χ1v) is 8.55. The third kappa shape index (κ3) is 3.87. The van der Waals surface area contributed by atoms with Crippen LogP contribution in [0, 0.1) is 0 Å². The SMILES string of the molecule is CC(C(=O)NCCc1ccccc1)n1nc(C(=O)O)c2ccccc2c1=O. The molecule has 0 fully saturated rings. The third-order valence-electron chi connectivity index (χ3n) is 4.33. The lowest BCUT2D eigenvalue weighted by atomic mass is 10.1. The van der Waals surface area contributed by atoms with Gasteiger partial charge in [0, 0.05) is 11.9 Å². The number of nitrogens with one attached hydrogen (secondary N) is 1. The van der Waals surface area contributed by atoms with Crippen molar-refractivity contribution >= 4 is 22.6 Å². The second-order valence-corrected chi connectivity index (χ2v) is 6.15. The summed E-state index contributed by atoms with van der Waals surface area (Å²) >= 11 is 0. The number of carbonyl (C=O) groups excluding carboxylic acids is 1. The molecule has 0 spiro atoms. The van der Waals surface area contributed by atoms with Gasteiger partial charge >= 0.3 is 5.97 Å². The topological polar surface area (TPSA) is 101 Å². The molecular formula is C20H19N3O4. The van der Waals surface area contributed by atoms with Gasteiger partial charge in [-0.3, -0.25) is 9.59 Å². The monoisotopic (exact) mass is 365 g/mol. The number of hydrogen-bond acceptors (Lipinski definition) is 4. The van der Waals surface area contributed by atoms with Crippen molar-refractivity contribution < 1.29 is 14.7 Å². The van der Waals surface area contributed by atoms with E-state index in [1.165, 1.54) is 19.1 Å².